The molecule has 9 heteroatoms. The third-order valence-corrected chi connectivity index (χ3v) is 4.40. The molecular formula is C17H18BrN3O4S. The smallest absolute Gasteiger partial charge is 0.251 e. The third kappa shape index (κ3) is 6.16. The summed E-state index contributed by atoms with van der Waals surface area (Å²) in [5.41, 5.74) is 2.06. The lowest BCUT2D eigenvalue weighted by Gasteiger charge is -2.10. The Bertz CT molecular complexity index is 945. The molecule has 0 bridgehead atoms. The van der Waals surface area contributed by atoms with Gasteiger partial charge in [0.25, 0.3) is 5.91 Å². The van der Waals surface area contributed by atoms with Crippen LogP contribution in [0.15, 0.2) is 46.9 Å². The molecule has 0 aromatic heterocycles. The van der Waals surface area contributed by atoms with Crippen molar-refractivity contribution < 1.29 is 18.0 Å². The average molecular weight is 440 g/mol. The van der Waals surface area contributed by atoms with Crippen LogP contribution in [0.5, 0.6) is 0 Å². The van der Waals surface area contributed by atoms with Gasteiger partial charge >= 0.3 is 0 Å². The van der Waals surface area contributed by atoms with E-state index in [2.05, 4.69) is 31.3 Å². The maximum Gasteiger partial charge on any atom is 0.251 e. The standard InChI is InChI=1S/C17H18BrN3O4S/c1-11-8-13(18)6-7-15(11)20-16(22)10-19-17(23)12-4-3-5-14(9-12)21-26(2,24)25/h3-9,21H,10H2,1-2H3,(H,19,23)(H,20,22). The lowest BCUT2D eigenvalue weighted by Crippen LogP contribution is -2.33. The van der Waals surface area contributed by atoms with Crippen molar-refractivity contribution in [2.45, 2.75) is 6.92 Å². The highest BCUT2D eigenvalue weighted by molar-refractivity contribution is 9.10. The molecule has 0 saturated heterocycles. The highest BCUT2D eigenvalue weighted by Crippen LogP contribution is 2.19. The van der Waals surface area contributed by atoms with Crippen LogP contribution in [-0.2, 0) is 14.8 Å². The molecule has 2 aromatic carbocycles. The van der Waals surface area contributed by atoms with Crippen molar-refractivity contribution in [3.05, 3.63) is 58.1 Å². The van der Waals surface area contributed by atoms with Gasteiger partial charge in [0.2, 0.25) is 15.9 Å². The Morgan fingerprint density at radius 3 is 2.50 bits per heavy atom. The number of halogens is 1. The van der Waals surface area contributed by atoms with Crippen molar-refractivity contribution in [1.29, 1.82) is 0 Å². The number of rotatable bonds is 6. The topological polar surface area (TPSA) is 104 Å². The van der Waals surface area contributed by atoms with Crippen molar-refractivity contribution in [2.24, 2.45) is 0 Å². The molecule has 26 heavy (non-hydrogen) atoms. The monoisotopic (exact) mass is 439 g/mol. The van der Waals surface area contributed by atoms with Crippen LogP contribution >= 0.6 is 15.9 Å². The molecule has 7 nitrogen and oxygen atoms in total. The average Bonchev–Trinajstić information content (AvgIpc) is 2.54. The van der Waals surface area contributed by atoms with E-state index in [0.717, 1.165) is 16.3 Å². The van der Waals surface area contributed by atoms with E-state index in [1.807, 2.05) is 19.1 Å². The molecule has 0 radical (unpaired) electrons. The Morgan fingerprint density at radius 1 is 1.12 bits per heavy atom. The van der Waals surface area contributed by atoms with Crippen LogP contribution < -0.4 is 15.4 Å². The van der Waals surface area contributed by atoms with Crippen LogP contribution in [0.25, 0.3) is 0 Å². The predicted molar refractivity (Wildman–Crippen MR) is 105 cm³/mol. The normalized spacial score (nSPS) is 10.9. The van der Waals surface area contributed by atoms with Crippen LogP contribution in [0.1, 0.15) is 15.9 Å². The van der Waals surface area contributed by atoms with Gasteiger partial charge in [-0.25, -0.2) is 8.42 Å². The van der Waals surface area contributed by atoms with Crippen molar-refractivity contribution in [2.75, 3.05) is 22.8 Å². The lowest BCUT2D eigenvalue weighted by molar-refractivity contribution is -0.115. The Kier molecular flexibility index (Phi) is 6.38. The first kappa shape index (κ1) is 19.9. The number of hydrogen-bond donors (Lipinski definition) is 3. The van der Waals surface area contributed by atoms with E-state index in [1.54, 1.807) is 12.1 Å². The number of benzene rings is 2. The molecule has 2 amide bonds. The Balaban J connectivity index is 1.95. The van der Waals surface area contributed by atoms with Crippen LogP contribution in [0.4, 0.5) is 11.4 Å². The summed E-state index contributed by atoms with van der Waals surface area (Å²) >= 11 is 3.35. The highest BCUT2D eigenvalue weighted by atomic mass is 79.9. The van der Waals surface area contributed by atoms with Crippen LogP contribution in [0, 0.1) is 6.92 Å². The van der Waals surface area contributed by atoms with E-state index in [-0.39, 0.29) is 23.7 Å². The van der Waals surface area contributed by atoms with E-state index >= 15 is 0 Å². The lowest BCUT2D eigenvalue weighted by atomic mass is 10.2. The fraction of sp³-hybridized carbons (Fsp3) is 0.176. The fourth-order valence-corrected chi connectivity index (χ4v) is 3.19. The Morgan fingerprint density at radius 2 is 1.85 bits per heavy atom. The van der Waals surface area contributed by atoms with Gasteiger partial charge in [-0.05, 0) is 48.9 Å². The molecule has 0 saturated carbocycles. The maximum absolute atomic E-state index is 12.2. The SMILES string of the molecule is Cc1cc(Br)ccc1NC(=O)CNC(=O)c1cccc(NS(C)(=O)=O)c1. The van der Waals surface area contributed by atoms with Gasteiger partial charge in [-0.2, -0.15) is 0 Å². The number of aryl methyl sites for hydroxylation is 1. The number of carbonyl (C=O) groups is 2. The molecule has 0 atom stereocenters. The van der Waals surface area contributed by atoms with Gasteiger partial charge in [-0.1, -0.05) is 22.0 Å². The minimum absolute atomic E-state index is 0.210. The minimum atomic E-state index is -3.44. The maximum atomic E-state index is 12.2. The van der Waals surface area contributed by atoms with E-state index in [0.29, 0.717) is 5.69 Å². The zero-order chi connectivity index (χ0) is 19.3. The summed E-state index contributed by atoms with van der Waals surface area (Å²) in [7, 11) is -3.44. The summed E-state index contributed by atoms with van der Waals surface area (Å²) < 4.78 is 25.7. The number of hydrogen-bond acceptors (Lipinski definition) is 4. The van der Waals surface area contributed by atoms with Crippen molar-refractivity contribution in [3.63, 3.8) is 0 Å². The van der Waals surface area contributed by atoms with E-state index in [4.69, 9.17) is 0 Å². The summed E-state index contributed by atoms with van der Waals surface area (Å²) in [6.07, 6.45) is 1.02. The molecule has 0 aliphatic heterocycles. The molecule has 3 N–H and O–H groups in total. The molecule has 0 unspecified atom stereocenters. The van der Waals surface area contributed by atoms with E-state index in [1.165, 1.54) is 18.2 Å². The Labute approximate surface area is 160 Å². The number of nitrogens with one attached hydrogen (secondary N) is 3. The molecule has 0 heterocycles. The van der Waals surface area contributed by atoms with Crippen LogP contribution in [-0.4, -0.2) is 33.0 Å². The highest BCUT2D eigenvalue weighted by Gasteiger charge is 2.11. The molecule has 138 valence electrons. The number of carbonyl (C=O) groups excluding carboxylic acids is 2. The molecule has 0 fully saturated rings. The van der Waals surface area contributed by atoms with Gasteiger partial charge in [0.15, 0.2) is 0 Å². The number of anilines is 2. The van der Waals surface area contributed by atoms with Gasteiger partial charge < -0.3 is 10.6 Å². The third-order valence-electron chi connectivity index (χ3n) is 3.30. The Hall–Kier alpha value is -2.39. The van der Waals surface area contributed by atoms with Crippen LogP contribution in [0.3, 0.4) is 0 Å². The van der Waals surface area contributed by atoms with Crippen molar-refractivity contribution in [3.8, 4) is 0 Å². The summed E-state index contributed by atoms with van der Waals surface area (Å²) in [5, 5.41) is 5.22. The van der Waals surface area contributed by atoms with Gasteiger partial charge in [-0.15, -0.1) is 0 Å². The summed E-state index contributed by atoms with van der Waals surface area (Å²) in [5.74, 6) is -0.848. The summed E-state index contributed by atoms with van der Waals surface area (Å²) in [6.45, 7) is 1.65. The van der Waals surface area contributed by atoms with E-state index < -0.39 is 15.9 Å². The quantitative estimate of drug-likeness (QED) is 0.642. The van der Waals surface area contributed by atoms with Gasteiger partial charge in [0.05, 0.1) is 12.8 Å². The fourth-order valence-electron chi connectivity index (χ4n) is 2.16. The molecule has 0 aliphatic rings. The zero-order valence-corrected chi connectivity index (χ0v) is 16.6. The second-order valence-electron chi connectivity index (χ2n) is 5.65. The minimum Gasteiger partial charge on any atom is -0.343 e. The predicted octanol–water partition coefficient (Wildman–Crippen LogP) is 2.50. The summed E-state index contributed by atoms with van der Waals surface area (Å²) in [4.78, 5) is 24.2. The first-order valence-electron chi connectivity index (χ1n) is 7.56. The van der Waals surface area contributed by atoms with Crippen LogP contribution in [0.2, 0.25) is 0 Å². The summed E-state index contributed by atoms with van der Waals surface area (Å²) in [6, 6.07) is 11.4. The first-order chi connectivity index (χ1) is 12.1. The van der Waals surface area contributed by atoms with Gasteiger partial charge in [-0.3, -0.25) is 14.3 Å². The number of sulfonamides is 1. The second kappa shape index (κ2) is 8.33. The number of amides is 2. The van der Waals surface area contributed by atoms with Gasteiger partial charge in [0, 0.05) is 21.4 Å². The van der Waals surface area contributed by atoms with Crippen molar-refractivity contribution in [1.82, 2.24) is 5.32 Å². The zero-order valence-electron chi connectivity index (χ0n) is 14.2. The molecular weight excluding hydrogens is 422 g/mol. The second-order valence-corrected chi connectivity index (χ2v) is 8.31. The van der Waals surface area contributed by atoms with Crippen molar-refractivity contribution >= 4 is 49.1 Å². The molecule has 0 spiro atoms. The van der Waals surface area contributed by atoms with E-state index in [9.17, 15) is 18.0 Å². The largest absolute Gasteiger partial charge is 0.343 e. The molecule has 2 aromatic rings. The molecule has 2 rings (SSSR count). The first-order valence-corrected chi connectivity index (χ1v) is 10.2. The van der Waals surface area contributed by atoms with Gasteiger partial charge in [0.1, 0.15) is 0 Å². The molecule has 0 aliphatic carbocycles.